The van der Waals surface area contributed by atoms with Gasteiger partial charge in [-0.15, -0.1) is 0 Å². The van der Waals surface area contributed by atoms with Crippen LogP contribution in [0.3, 0.4) is 0 Å². The van der Waals surface area contributed by atoms with E-state index in [-0.39, 0.29) is 6.61 Å². The predicted octanol–water partition coefficient (Wildman–Crippen LogP) is 1.98. The van der Waals surface area contributed by atoms with Crippen molar-refractivity contribution in [3.05, 3.63) is 24.3 Å². The van der Waals surface area contributed by atoms with Crippen molar-refractivity contribution in [1.29, 1.82) is 0 Å². The summed E-state index contributed by atoms with van der Waals surface area (Å²) < 4.78 is 10.4. The van der Waals surface area contributed by atoms with Crippen LogP contribution in [-0.2, 0) is 9.59 Å². The number of aliphatic carboxylic acids is 1. The average molecular weight is 307 g/mol. The molecule has 2 N–H and O–H groups in total. The fourth-order valence-electron chi connectivity index (χ4n) is 2.67. The van der Waals surface area contributed by atoms with Crippen LogP contribution in [0, 0.1) is 0 Å². The first-order chi connectivity index (χ1) is 10.6. The minimum Gasteiger partial charge on any atom is -0.497 e. The molecule has 1 aliphatic rings. The van der Waals surface area contributed by atoms with Crippen LogP contribution >= 0.6 is 0 Å². The summed E-state index contributed by atoms with van der Waals surface area (Å²) in [4.78, 5) is 23.5. The Morgan fingerprint density at radius 3 is 2.27 bits per heavy atom. The normalized spacial score (nSPS) is 16.6. The third-order valence-electron chi connectivity index (χ3n) is 3.92. The van der Waals surface area contributed by atoms with Gasteiger partial charge in [0.25, 0.3) is 5.91 Å². The topological polar surface area (TPSA) is 84.9 Å². The second kappa shape index (κ2) is 7.15. The zero-order chi connectivity index (χ0) is 16.0. The summed E-state index contributed by atoms with van der Waals surface area (Å²) in [6.45, 7) is -0.207. The van der Waals surface area contributed by atoms with Crippen molar-refractivity contribution in [3.63, 3.8) is 0 Å². The molecule has 0 bridgehead atoms. The van der Waals surface area contributed by atoms with Gasteiger partial charge in [0.15, 0.2) is 6.61 Å². The molecule has 1 saturated carbocycles. The molecule has 1 aromatic rings. The highest BCUT2D eigenvalue weighted by Crippen LogP contribution is 2.28. The van der Waals surface area contributed by atoms with Crippen LogP contribution in [0.15, 0.2) is 24.3 Å². The van der Waals surface area contributed by atoms with Gasteiger partial charge in [-0.25, -0.2) is 4.79 Å². The lowest BCUT2D eigenvalue weighted by molar-refractivity contribution is -0.149. The van der Waals surface area contributed by atoms with Crippen molar-refractivity contribution < 1.29 is 24.2 Å². The molecule has 1 amide bonds. The van der Waals surface area contributed by atoms with Gasteiger partial charge in [-0.05, 0) is 37.1 Å². The molecular weight excluding hydrogens is 286 g/mol. The van der Waals surface area contributed by atoms with E-state index in [4.69, 9.17) is 9.47 Å². The number of ether oxygens (including phenoxy) is 2. The van der Waals surface area contributed by atoms with E-state index >= 15 is 0 Å². The van der Waals surface area contributed by atoms with E-state index in [9.17, 15) is 14.7 Å². The molecule has 2 rings (SSSR count). The quantitative estimate of drug-likeness (QED) is 0.839. The smallest absolute Gasteiger partial charge is 0.329 e. The summed E-state index contributed by atoms with van der Waals surface area (Å²) in [6.07, 6.45) is 3.57. The number of carbonyl (C=O) groups is 2. The fourth-order valence-corrected chi connectivity index (χ4v) is 2.67. The van der Waals surface area contributed by atoms with Gasteiger partial charge >= 0.3 is 5.97 Å². The van der Waals surface area contributed by atoms with Gasteiger partial charge in [0.2, 0.25) is 0 Å². The summed E-state index contributed by atoms with van der Waals surface area (Å²) in [5.41, 5.74) is -1.14. The van der Waals surface area contributed by atoms with E-state index in [0.29, 0.717) is 24.3 Å². The number of benzene rings is 1. The van der Waals surface area contributed by atoms with Crippen LogP contribution in [0.4, 0.5) is 0 Å². The SMILES string of the molecule is COc1ccc(OCC(=O)NC2(C(=O)O)CCCCC2)cc1. The number of carboxylic acids is 1. The Balaban J connectivity index is 1.89. The number of carboxylic acid groups (broad SMARTS) is 1. The molecule has 0 heterocycles. The summed E-state index contributed by atoms with van der Waals surface area (Å²) in [7, 11) is 1.57. The Kier molecular flexibility index (Phi) is 5.25. The summed E-state index contributed by atoms with van der Waals surface area (Å²) in [6, 6.07) is 6.85. The first-order valence-electron chi connectivity index (χ1n) is 7.37. The molecule has 6 heteroatoms. The van der Waals surface area contributed by atoms with Crippen molar-refractivity contribution in [3.8, 4) is 11.5 Å². The van der Waals surface area contributed by atoms with Gasteiger partial charge in [-0.1, -0.05) is 19.3 Å². The number of hydrogen-bond acceptors (Lipinski definition) is 4. The van der Waals surface area contributed by atoms with Gasteiger partial charge in [-0.3, -0.25) is 4.79 Å². The van der Waals surface area contributed by atoms with Crippen molar-refractivity contribution in [1.82, 2.24) is 5.32 Å². The van der Waals surface area contributed by atoms with Gasteiger partial charge in [0, 0.05) is 0 Å². The third kappa shape index (κ3) is 3.90. The average Bonchev–Trinajstić information content (AvgIpc) is 2.54. The minimum absolute atomic E-state index is 0.207. The molecule has 0 spiro atoms. The van der Waals surface area contributed by atoms with Crippen LogP contribution in [0.5, 0.6) is 11.5 Å². The summed E-state index contributed by atoms with van der Waals surface area (Å²) in [5, 5.41) is 12.0. The van der Waals surface area contributed by atoms with Crippen LogP contribution in [0.1, 0.15) is 32.1 Å². The highest BCUT2D eigenvalue weighted by molar-refractivity contribution is 5.87. The number of amides is 1. The van der Waals surface area contributed by atoms with Crippen molar-refractivity contribution in [2.45, 2.75) is 37.6 Å². The van der Waals surface area contributed by atoms with Gasteiger partial charge in [-0.2, -0.15) is 0 Å². The Morgan fingerprint density at radius 2 is 1.73 bits per heavy atom. The van der Waals surface area contributed by atoms with Crippen molar-refractivity contribution in [2.75, 3.05) is 13.7 Å². The van der Waals surface area contributed by atoms with E-state index < -0.39 is 17.4 Å². The second-order valence-electron chi connectivity index (χ2n) is 5.46. The molecule has 1 aromatic carbocycles. The van der Waals surface area contributed by atoms with Crippen LogP contribution in [0.25, 0.3) is 0 Å². The molecule has 120 valence electrons. The monoisotopic (exact) mass is 307 g/mol. The minimum atomic E-state index is -1.14. The molecule has 0 saturated heterocycles. The number of nitrogens with one attached hydrogen (secondary N) is 1. The standard InChI is InChI=1S/C16H21NO5/c1-21-12-5-7-13(8-6-12)22-11-14(18)17-16(15(19)20)9-3-2-4-10-16/h5-8H,2-4,9-11H2,1H3,(H,17,18)(H,19,20). The molecule has 6 nitrogen and oxygen atoms in total. The Bertz CT molecular complexity index is 520. The molecule has 22 heavy (non-hydrogen) atoms. The van der Waals surface area contributed by atoms with E-state index in [0.717, 1.165) is 19.3 Å². The zero-order valence-electron chi connectivity index (χ0n) is 12.6. The number of methoxy groups -OCH3 is 1. The summed E-state index contributed by atoms with van der Waals surface area (Å²) in [5.74, 6) is -0.155. The Morgan fingerprint density at radius 1 is 1.14 bits per heavy atom. The molecule has 0 aliphatic heterocycles. The van der Waals surface area contributed by atoms with E-state index in [1.54, 1.807) is 31.4 Å². The van der Waals surface area contributed by atoms with E-state index in [1.165, 1.54) is 0 Å². The maximum atomic E-state index is 12.0. The van der Waals surface area contributed by atoms with E-state index in [1.807, 2.05) is 0 Å². The Labute approximate surface area is 129 Å². The van der Waals surface area contributed by atoms with Gasteiger partial charge in [0.1, 0.15) is 17.0 Å². The first kappa shape index (κ1) is 16.1. The molecule has 0 unspecified atom stereocenters. The molecule has 0 radical (unpaired) electrons. The molecular formula is C16H21NO5. The molecule has 0 atom stereocenters. The number of rotatable bonds is 6. The maximum absolute atomic E-state index is 12.0. The zero-order valence-corrected chi connectivity index (χ0v) is 12.6. The summed E-state index contributed by atoms with van der Waals surface area (Å²) >= 11 is 0. The lowest BCUT2D eigenvalue weighted by Crippen LogP contribution is -2.56. The number of hydrogen-bond donors (Lipinski definition) is 2. The van der Waals surface area contributed by atoms with Crippen molar-refractivity contribution in [2.24, 2.45) is 0 Å². The number of carbonyl (C=O) groups excluding carboxylic acids is 1. The van der Waals surface area contributed by atoms with Gasteiger partial charge < -0.3 is 19.9 Å². The van der Waals surface area contributed by atoms with Gasteiger partial charge in [0.05, 0.1) is 7.11 Å². The fraction of sp³-hybridized carbons (Fsp3) is 0.500. The maximum Gasteiger partial charge on any atom is 0.329 e. The molecule has 0 aromatic heterocycles. The highest BCUT2D eigenvalue weighted by Gasteiger charge is 2.40. The first-order valence-corrected chi connectivity index (χ1v) is 7.37. The van der Waals surface area contributed by atoms with Crippen LogP contribution in [-0.4, -0.2) is 36.2 Å². The largest absolute Gasteiger partial charge is 0.497 e. The predicted molar refractivity (Wildman–Crippen MR) is 80.1 cm³/mol. The highest BCUT2D eigenvalue weighted by atomic mass is 16.5. The second-order valence-corrected chi connectivity index (χ2v) is 5.46. The molecule has 1 fully saturated rings. The van der Waals surface area contributed by atoms with Crippen LogP contribution in [0.2, 0.25) is 0 Å². The Hall–Kier alpha value is -2.24. The lowest BCUT2D eigenvalue weighted by Gasteiger charge is -2.33. The third-order valence-corrected chi connectivity index (χ3v) is 3.92. The lowest BCUT2D eigenvalue weighted by atomic mass is 9.81. The van der Waals surface area contributed by atoms with E-state index in [2.05, 4.69) is 5.32 Å². The molecule has 1 aliphatic carbocycles. The van der Waals surface area contributed by atoms with Crippen LogP contribution < -0.4 is 14.8 Å². The van der Waals surface area contributed by atoms with Crippen molar-refractivity contribution >= 4 is 11.9 Å².